The van der Waals surface area contributed by atoms with Gasteiger partial charge in [0.2, 0.25) is 5.91 Å². The zero-order valence-corrected chi connectivity index (χ0v) is 11.7. The summed E-state index contributed by atoms with van der Waals surface area (Å²) < 4.78 is 0. The summed E-state index contributed by atoms with van der Waals surface area (Å²) in [6, 6.07) is 5.03. The second-order valence-corrected chi connectivity index (χ2v) is 5.00. The molecule has 2 rings (SSSR count). The minimum atomic E-state index is -0.975. The van der Waals surface area contributed by atoms with Crippen molar-refractivity contribution in [2.24, 2.45) is 0 Å². The number of anilines is 2. The summed E-state index contributed by atoms with van der Waals surface area (Å²) in [5.41, 5.74) is 1.64. The molecule has 0 saturated carbocycles. The van der Waals surface area contributed by atoms with Crippen molar-refractivity contribution in [3.05, 3.63) is 23.8 Å². The van der Waals surface area contributed by atoms with Crippen LogP contribution in [0.25, 0.3) is 0 Å². The van der Waals surface area contributed by atoms with Crippen LogP contribution in [-0.4, -0.2) is 30.1 Å². The maximum Gasteiger partial charge on any atom is 0.335 e. The third-order valence-corrected chi connectivity index (χ3v) is 3.41. The molecule has 1 amide bonds. The number of hydrogen-bond donors (Lipinski definition) is 2. The molecule has 0 aliphatic carbocycles. The second-order valence-electron chi connectivity index (χ2n) is 5.00. The number of nitrogens with one attached hydrogen (secondary N) is 1. The normalized spacial score (nSPS) is 14.7. The van der Waals surface area contributed by atoms with Crippen molar-refractivity contribution in [3.63, 3.8) is 0 Å². The molecule has 0 spiro atoms. The predicted octanol–water partition coefficient (Wildman–Crippen LogP) is 2.72. The fraction of sp³-hybridized carbons (Fsp3) is 0.467. The lowest BCUT2D eigenvalue weighted by Crippen LogP contribution is -2.24. The number of unbranched alkanes of at least 4 members (excludes halogenated alkanes) is 1. The van der Waals surface area contributed by atoms with E-state index in [4.69, 9.17) is 0 Å². The van der Waals surface area contributed by atoms with E-state index in [2.05, 4.69) is 12.2 Å². The highest BCUT2D eigenvalue weighted by molar-refractivity contribution is 5.98. The van der Waals surface area contributed by atoms with E-state index in [1.165, 1.54) is 0 Å². The molecule has 0 unspecified atom stereocenters. The first-order valence-corrected chi connectivity index (χ1v) is 7.04. The third kappa shape index (κ3) is 3.29. The van der Waals surface area contributed by atoms with Crippen LogP contribution in [0.15, 0.2) is 18.2 Å². The quantitative estimate of drug-likeness (QED) is 0.784. The van der Waals surface area contributed by atoms with Crippen LogP contribution in [-0.2, 0) is 4.79 Å². The van der Waals surface area contributed by atoms with Gasteiger partial charge in [-0.2, -0.15) is 0 Å². The molecule has 0 bridgehead atoms. The number of carbonyl (C=O) groups excluding carboxylic acids is 1. The molecule has 0 radical (unpaired) electrons. The van der Waals surface area contributed by atoms with E-state index < -0.39 is 5.97 Å². The van der Waals surface area contributed by atoms with Crippen LogP contribution in [0, 0.1) is 0 Å². The SMILES string of the molecule is CCCCNc1cc(C(=O)O)cc(N2CCCC2=O)c1. The molecule has 1 heterocycles. The van der Waals surface area contributed by atoms with Gasteiger partial charge in [-0.25, -0.2) is 4.79 Å². The first-order valence-electron chi connectivity index (χ1n) is 7.04. The van der Waals surface area contributed by atoms with Gasteiger partial charge in [0.25, 0.3) is 0 Å². The molecular weight excluding hydrogens is 256 g/mol. The molecule has 108 valence electrons. The lowest BCUT2D eigenvalue weighted by Gasteiger charge is -2.18. The molecule has 1 aliphatic rings. The third-order valence-electron chi connectivity index (χ3n) is 3.41. The average molecular weight is 276 g/mol. The first-order chi connectivity index (χ1) is 9.61. The minimum absolute atomic E-state index is 0.0621. The number of carbonyl (C=O) groups is 2. The lowest BCUT2D eigenvalue weighted by atomic mass is 10.1. The van der Waals surface area contributed by atoms with Gasteiger partial charge in [0.1, 0.15) is 0 Å². The summed E-state index contributed by atoms with van der Waals surface area (Å²) in [6.07, 6.45) is 3.46. The van der Waals surface area contributed by atoms with Gasteiger partial charge in [0, 0.05) is 30.9 Å². The van der Waals surface area contributed by atoms with Gasteiger partial charge in [-0.3, -0.25) is 4.79 Å². The van der Waals surface area contributed by atoms with Crippen LogP contribution in [0.5, 0.6) is 0 Å². The maximum atomic E-state index is 11.8. The van der Waals surface area contributed by atoms with Crippen LogP contribution in [0.2, 0.25) is 0 Å². The monoisotopic (exact) mass is 276 g/mol. The van der Waals surface area contributed by atoms with Crippen molar-refractivity contribution in [1.29, 1.82) is 0 Å². The molecule has 1 saturated heterocycles. The number of carboxylic acids is 1. The molecule has 1 aliphatic heterocycles. The number of hydrogen-bond acceptors (Lipinski definition) is 3. The zero-order chi connectivity index (χ0) is 14.5. The fourth-order valence-electron chi connectivity index (χ4n) is 2.32. The summed E-state index contributed by atoms with van der Waals surface area (Å²) in [7, 11) is 0. The van der Waals surface area contributed by atoms with Gasteiger partial charge < -0.3 is 15.3 Å². The summed E-state index contributed by atoms with van der Waals surface area (Å²) in [6.45, 7) is 3.56. The summed E-state index contributed by atoms with van der Waals surface area (Å²) >= 11 is 0. The maximum absolute atomic E-state index is 11.8. The first kappa shape index (κ1) is 14.4. The Morgan fingerprint density at radius 2 is 2.20 bits per heavy atom. The van der Waals surface area contributed by atoms with Crippen LogP contribution in [0.4, 0.5) is 11.4 Å². The smallest absolute Gasteiger partial charge is 0.335 e. The molecule has 2 N–H and O–H groups in total. The highest BCUT2D eigenvalue weighted by Gasteiger charge is 2.23. The lowest BCUT2D eigenvalue weighted by molar-refractivity contribution is -0.117. The van der Waals surface area contributed by atoms with E-state index in [1.54, 1.807) is 17.0 Å². The van der Waals surface area contributed by atoms with Gasteiger partial charge in [0.15, 0.2) is 0 Å². The van der Waals surface area contributed by atoms with Gasteiger partial charge in [0.05, 0.1) is 5.56 Å². The topological polar surface area (TPSA) is 69.6 Å². The van der Waals surface area contributed by atoms with E-state index in [0.717, 1.165) is 31.5 Å². The van der Waals surface area contributed by atoms with E-state index in [0.29, 0.717) is 18.7 Å². The van der Waals surface area contributed by atoms with Crippen molar-refractivity contribution < 1.29 is 14.7 Å². The van der Waals surface area contributed by atoms with Crippen LogP contribution in [0.3, 0.4) is 0 Å². The Morgan fingerprint density at radius 3 is 2.80 bits per heavy atom. The zero-order valence-electron chi connectivity index (χ0n) is 11.7. The van der Waals surface area contributed by atoms with Crippen molar-refractivity contribution in [1.82, 2.24) is 0 Å². The number of rotatable bonds is 6. The Kier molecular flexibility index (Phi) is 4.61. The van der Waals surface area contributed by atoms with E-state index in [-0.39, 0.29) is 11.5 Å². The molecule has 1 aromatic carbocycles. The molecule has 5 heteroatoms. The Morgan fingerprint density at radius 1 is 1.40 bits per heavy atom. The minimum Gasteiger partial charge on any atom is -0.478 e. The van der Waals surface area contributed by atoms with Crippen LogP contribution < -0.4 is 10.2 Å². The molecule has 5 nitrogen and oxygen atoms in total. The number of benzene rings is 1. The standard InChI is InChI=1S/C15H20N2O3/c1-2-3-6-16-12-8-11(15(19)20)9-13(10-12)17-7-4-5-14(17)18/h8-10,16H,2-7H2,1H3,(H,19,20). The van der Waals surface area contributed by atoms with Crippen LogP contribution in [0.1, 0.15) is 43.0 Å². The Bertz CT molecular complexity index is 514. The Balaban J connectivity index is 2.25. The van der Waals surface area contributed by atoms with Crippen LogP contribution >= 0.6 is 0 Å². The molecular formula is C15H20N2O3. The number of amides is 1. The number of aromatic carboxylic acids is 1. The Labute approximate surface area is 118 Å². The van der Waals surface area contributed by atoms with Gasteiger partial charge >= 0.3 is 5.97 Å². The fourth-order valence-corrected chi connectivity index (χ4v) is 2.32. The molecule has 1 aromatic rings. The van der Waals surface area contributed by atoms with Gasteiger partial charge in [-0.15, -0.1) is 0 Å². The summed E-state index contributed by atoms with van der Waals surface area (Å²) in [5.74, 6) is -0.913. The average Bonchev–Trinajstić information content (AvgIpc) is 2.85. The number of nitrogens with zero attached hydrogens (tertiary/aromatic N) is 1. The van der Waals surface area contributed by atoms with E-state index in [1.807, 2.05) is 6.07 Å². The largest absolute Gasteiger partial charge is 0.478 e. The van der Waals surface area contributed by atoms with Gasteiger partial charge in [-0.1, -0.05) is 13.3 Å². The second kappa shape index (κ2) is 6.41. The predicted molar refractivity (Wildman–Crippen MR) is 78.4 cm³/mol. The van der Waals surface area contributed by atoms with Crippen molar-refractivity contribution in [3.8, 4) is 0 Å². The highest BCUT2D eigenvalue weighted by Crippen LogP contribution is 2.26. The van der Waals surface area contributed by atoms with Gasteiger partial charge in [-0.05, 0) is 31.0 Å². The molecule has 1 fully saturated rings. The van der Waals surface area contributed by atoms with E-state index in [9.17, 15) is 14.7 Å². The number of carboxylic acid groups (broad SMARTS) is 1. The van der Waals surface area contributed by atoms with Crippen molar-refractivity contribution in [2.75, 3.05) is 23.3 Å². The summed E-state index contributed by atoms with van der Waals surface area (Å²) in [5, 5.41) is 12.4. The molecule has 0 aromatic heterocycles. The Hall–Kier alpha value is -2.04. The van der Waals surface area contributed by atoms with Crippen molar-refractivity contribution >= 4 is 23.3 Å². The van der Waals surface area contributed by atoms with Crippen molar-refractivity contribution in [2.45, 2.75) is 32.6 Å². The summed E-state index contributed by atoms with van der Waals surface area (Å²) in [4.78, 5) is 24.7. The van der Waals surface area contributed by atoms with E-state index >= 15 is 0 Å². The molecule has 0 atom stereocenters. The highest BCUT2D eigenvalue weighted by atomic mass is 16.4. The molecule has 20 heavy (non-hydrogen) atoms.